The van der Waals surface area contributed by atoms with E-state index in [1.165, 1.54) is 0 Å². The summed E-state index contributed by atoms with van der Waals surface area (Å²) in [5.74, 6) is -0.499. The van der Waals surface area contributed by atoms with Crippen molar-refractivity contribution in [2.75, 3.05) is 6.54 Å². The molecule has 0 aliphatic heterocycles. The molecule has 0 aliphatic rings. The van der Waals surface area contributed by atoms with E-state index in [9.17, 15) is 13.6 Å². The maximum atomic E-state index is 11.9. The van der Waals surface area contributed by atoms with Crippen molar-refractivity contribution in [3.63, 3.8) is 0 Å². The van der Waals surface area contributed by atoms with Crippen molar-refractivity contribution >= 4 is 21.8 Å². The van der Waals surface area contributed by atoms with Crippen molar-refractivity contribution in [2.45, 2.75) is 12.5 Å². The van der Waals surface area contributed by atoms with Gasteiger partial charge in [-0.2, -0.15) is 0 Å². The van der Waals surface area contributed by atoms with Crippen LogP contribution >= 0.6 is 15.9 Å². The summed E-state index contributed by atoms with van der Waals surface area (Å²) in [5.41, 5.74) is 0.343. The predicted molar refractivity (Wildman–Crippen MR) is 58.5 cm³/mol. The van der Waals surface area contributed by atoms with Crippen LogP contribution in [-0.4, -0.2) is 30.1 Å². The maximum Gasteiger partial charge on any atom is 0.265 e. The summed E-state index contributed by atoms with van der Waals surface area (Å²) in [6.45, 7) is -0.469. The number of rotatable bonds is 4. The highest BCUT2D eigenvalue weighted by molar-refractivity contribution is 9.10. The molecule has 1 aromatic rings. The monoisotopic (exact) mass is 293 g/mol. The minimum atomic E-state index is -2.86. The van der Waals surface area contributed by atoms with Gasteiger partial charge in [-0.25, -0.2) is 8.78 Å². The van der Waals surface area contributed by atoms with Crippen molar-refractivity contribution < 1.29 is 18.7 Å². The van der Waals surface area contributed by atoms with E-state index in [1.807, 2.05) is 0 Å². The zero-order valence-electron chi connectivity index (χ0n) is 8.16. The number of aliphatic hydroxyl groups is 1. The molecule has 0 bridgehead atoms. The van der Waals surface area contributed by atoms with Gasteiger partial charge in [-0.1, -0.05) is 22.0 Å². The van der Waals surface area contributed by atoms with Gasteiger partial charge >= 0.3 is 0 Å². The third kappa shape index (κ3) is 3.86. The Kier molecular flexibility index (Phi) is 4.82. The third-order valence-electron chi connectivity index (χ3n) is 1.85. The van der Waals surface area contributed by atoms with Gasteiger partial charge in [0.05, 0.1) is 0 Å². The van der Waals surface area contributed by atoms with E-state index in [0.29, 0.717) is 5.56 Å². The van der Waals surface area contributed by atoms with Gasteiger partial charge in [-0.15, -0.1) is 0 Å². The molecule has 0 heterocycles. The average Bonchev–Trinajstić information content (AvgIpc) is 2.25. The van der Waals surface area contributed by atoms with Crippen LogP contribution in [-0.2, 0) is 0 Å². The molecule has 6 heteroatoms. The molecule has 2 N–H and O–H groups in total. The molecular weight excluding hydrogens is 284 g/mol. The van der Waals surface area contributed by atoms with Gasteiger partial charge in [0.25, 0.3) is 12.3 Å². The van der Waals surface area contributed by atoms with Crippen LogP contribution in [0.3, 0.4) is 0 Å². The minimum absolute atomic E-state index is 0.343. The summed E-state index contributed by atoms with van der Waals surface area (Å²) in [7, 11) is 0. The molecule has 1 amide bonds. The lowest BCUT2D eigenvalue weighted by molar-refractivity contribution is -0.00270. The van der Waals surface area contributed by atoms with Crippen LogP contribution in [0.15, 0.2) is 28.7 Å². The lowest BCUT2D eigenvalue weighted by atomic mass is 10.2. The molecule has 16 heavy (non-hydrogen) atoms. The van der Waals surface area contributed by atoms with Crippen molar-refractivity contribution in [2.24, 2.45) is 0 Å². The largest absolute Gasteiger partial charge is 0.385 e. The molecule has 0 saturated carbocycles. The van der Waals surface area contributed by atoms with E-state index in [1.54, 1.807) is 24.3 Å². The highest BCUT2D eigenvalue weighted by Crippen LogP contribution is 2.11. The fourth-order valence-corrected chi connectivity index (χ4v) is 1.42. The van der Waals surface area contributed by atoms with Gasteiger partial charge in [-0.05, 0) is 18.2 Å². The lowest BCUT2D eigenvalue weighted by Gasteiger charge is -2.10. The Morgan fingerprint density at radius 1 is 1.50 bits per heavy atom. The first-order valence-corrected chi connectivity index (χ1v) is 5.30. The molecule has 0 aliphatic carbocycles. The zero-order valence-corrected chi connectivity index (χ0v) is 9.75. The van der Waals surface area contributed by atoms with Crippen LogP contribution in [0.1, 0.15) is 10.4 Å². The summed E-state index contributed by atoms with van der Waals surface area (Å²) in [5, 5.41) is 11.0. The van der Waals surface area contributed by atoms with Crippen LogP contribution in [0.25, 0.3) is 0 Å². The number of hydrogen-bond acceptors (Lipinski definition) is 2. The van der Waals surface area contributed by atoms with Gasteiger partial charge < -0.3 is 10.4 Å². The lowest BCUT2D eigenvalue weighted by Crippen LogP contribution is -2.35. The smallest absolute Gasteiger partial charge is 0.265 e. The first-order valence-electron chi connectivity index (χ1n) is 4.50. The second kappa shape index (κ2) is 5.91. The number of carbonyl (C=O) groups excluding carboxylic acids is 1. The van der Waals surface area contributed by atoms with E-state index >= 15 is 0 Å². The number of amides is 1. The van der Waals surface area contributed by atoms with Crippen LogP contribution in [0.4, 0.5) is 8.78 Å². The second-order valence-corrected chi connectivity index (χ2v) is 4.04. The Hall–Kier alpha value is -1.01. The zero-order chi connectivity index (χ0) is 12.1. The fourth-order valence-electron chi connectivity index (χ4n) is 1.02. The number of hydrogen-bond donors (Lipinski definition) is 2. The number of aliphatic hydroxyl groups excluding tert-OH is 1. The molecular formula is C10H10BrF2NO2. The molecule has 1 rings (SSSR count). The summed E-state index contributed by atoms with van der Waals surface area (Å²) < 4.78 is 24.6. The molecule has 0 saturated heterocycles. The van der Waals surface area contributed by atoms with E-state index in [0.717, 1.165) is 4.47 Å². The van der Waals surface area contributed by atoms with Crippen molar-refractivity contribution in [3.05, 3.63) is 34.3 Å². The number of halogens is 3. The Balaban J connectivity index is 2.53. The molecule has 1 unspecified atom stereocenters. The summed E-state index contributed by atoms with van der Waals surface area (Å²) in [4.78, 5) is 11.4. The topological polar surface area (TPSA) is 49.3 Å². The van der Waals surface area contributed by atoms with E-state index in [-0.39, 0.29) is 0 Å². The quantitative estimate of drug-likeness (QED) is 0.889. The standard InChI is InChI=1S/C10H10BrF2NO2/c11-7-3-1-2-6(4-7)10(16)14-5-8(15)9(12)13/h1-4,8-9,15H,5H2,(H,14,16). The Bertz CT molecular complexity index is 374. The SMILES string of the molecule is O=C(NCC(O)C(F)F)c1cccc(Br)c1. The number of alkyl halides is 2. The highest BCUT2D eigenvalue weighted by atomic mass is 79.9. The Labute approximate surface area is 99.6 Å². The maximum absolute atomic E-state index is 11.9. The molecule has 1 atom stereocenters. The van der Waals surface area contributed by atoms with E-state index < -0.39 is 25.0 Å². The minimum Gasteiger partial charge on any atom is -0.385 e. The Morgan fingerprint density at radius 2 is 2.19 bits per heavy atom. The normalized spacial score (nSPS) is 12.6. The molecule has 88 valence electrons. The van der Waals surface area contributed by atoms with Gasteiger partial charge in [-0.3, -0.25) is 4.79 Å². The average molecular weight is 294 g/mol. The van der Waals surface area contributed by atoms with Gasteiger partial charge in [0.2, 0.25) is 0 Å². The third-order valence-corrected chi connectivity index (χ3v) is 2.34. The number of benzene rings is 1. The Morgan fingerprint density at radius 3 is 2.75 bits per heavy atom. The molecule has 3 nitrogen and oxygen atoms in total. The number of carbonyl (C=O) groups is 1. The summed E-state index contributed by atoms with van der Waals surface area (Å²) >= 11 is 3.18. The second-order valence-electron chi connectivity index (χ2n) is 3.12. The molecule has 0 radical (unpaired) electrons. The molecule has 0 spiro atoms. The van der Waals surface area contributed by atoms with Crippen LogP contribution in [0, 0.1) is 0 Å². The predicted octanol–water partition coefficient (Wildman–Crippen LogP) is 1.80. The van der Waals surface area contributed by atoms with Gasteiger partial charge in [0.1, 0.15) is 6.10 Å². The van der Waals surface area contributed by atoms with Gasteiger partial charge in [0, 0.05) is 16.6 Å². The van der Waals surface area contributed by atoms with Gasteiger partial charge in [0.15, 0.2) is 0 Å². The highest BCUT2D eigenvalue weighted by Gasteiger charge is 2.17. The summed E-state index contributed by atoms with van der Waals surface area (Å²) in [6, 6.07) is 6.51. The van der Waals surface area contributed by atoms with Crippen LogP contribution < -0.4 is 5.32 Å². The van der Waals surface area contributed by atoms with E-state index in [4.69, 9.17) is 5.11 Å². The first kappa shape index (κ1) is 13.1. The van der Waals surface area contributed by atoms with Crippen molar-refractivity contribution in [1.29, 1.82) is 0 Å². The van der Waals surface area contributed by atoms with Crippen molar-refractivity contribution in [1.82, 2.24) is 5.32 Å². The molecule has 0 fully saturated rings. The van der Waals surface area contributed by atoms with Crippen molar-refractivity contribution in [3.8, 4) is 0 Å². The molecule has 0 aromatic heterocycles. The van der Waals surface area contributed by atoms with Crippen LogP contribution in [0.2, 0.25) is 0 Å². The van der Waals surface area contributed by atoms with E-state index in [2.05, 4.69) is 21.2 Å². The fraction of sp³-hybridized carbons (Fsp3) is 0.300. The number of nitrogens with one attached hydrogen (secondary N) is 1. The summed E-state index contributed by atoms with van der Waals surface area (Å²) in [6.07, 6.45) is -4.70. The van der Waals surface area contributed by atoms with Crippen LogP contribution in [0.5, 0.6) is 0 Å². The molecule has 1 aromatic carbocycles. The first-order chi connectivity index (χ1) is 7.50.